The van der Waals surface area contributed by atoms with Crippen molar-refractivity contribution >= 4 is 40.0 Å². The van der Waals surface area contributed by atoms with Gasteiger partial charge in [0.25, 0.3) is 0 Å². The molecule has 6 nitrogen and oxygen atoms in total. The molecule has 0 radical (unpaired) electrons. The standard InChI is InChI=1S/C23H24N4O2S2/c1-16(28)27(19-12-13-19)22-25-26-23(31-22)30-15-21(29)24-20(18-10-6-3-7-11-18)14-17-8-4-2-5-9-17/h2-11,19-20H,12-15H2,1H3,(H,24,29). The molecule has 1 unspecified atom stereocenters. The van der Waals surface area contributed by atoms with Gasteiger partial charge in [0.05, 0.1) is 11.8 Å². The Bertz CT molecular complexity index is 1020. The number of nitrogens with one attached hydrogen (secondary N) is 1. The molecule has 1 heterocycles. The first-order valence-corrected chi connectivity index (χ1v) is 12.0. The number of carbonyl (C=O) groups excluding carboxylic acids is 2. The molecule has 160 valence electrons. The Labute approximate surface area is 190 Å². The van der Waals surface area contributed by atoms with Crippen LogP contribution in [0.4, 0.5) is 5.13 Å². The van der Waals surface area contributed by atoms with Gasteiger partial charge in [-0.2, -0.15) is 0 Å². The highest BCUT2D eigenvalue weighted by atomic mass is 32.2. The van der Waals surface area contributed by atoms with Gasteiger partial charge < -0.3 is 5.32 Å². The lowest BCUT2D eigenvalue weighted by Gasteiger charge is -2.19. The Morgan fingerprint density at radius 2 is 1.77 bits per heavy atom. The van der Waals surface area contributed by atoms with Crippen LogP contribution in [0, 0.1) is 0 Å². The smallest absolute Gasteiger partial charge is 0.230 e. The molecule has 31 heavy (non-hydrogen) atoms. The molecule has 1 aliphatic carbocycles. The Kier molecular flexibility index (Phi) is 6.99. The van der Waals surface area contributed by atoms with Gasteiger partial charge in [-0.05, 0) is 30.4 Å². The number of anilines is 1. The van der Waals surface area contributed by atoms with Crippen molar-refractivity contribution in [3.63, 3.8) is 0 Å². The predicted octanol–water partition coefficient (Wildman–Crippen LogP) is 4.25. The van der Waals surface area contributed by atoms with Crippen molar-refractivity contribution in [2.24, 2.45) is 0 Å². The zero-order valence-electron chi connectivity index (χ0n) is 17.2. The van der Waals surface area contributed by atoms with Gasteiger partial charge >= 0.3 is 0 Å². The van der Waals surface area contributed by atoms with E-state index in [4.69, 9.17) is 0 Å². The van der Waals surface area contributed by atoms with E-state index in [0.29, 0.717) is 9.47 Å². The molecule has 1 aromatic heterocycles. The van der Waals surface area contributed by atoms with E-state index in [1.807, 2.05) is 48.5 Å². The van der Waals surface area contributed by atoms with Crippen LogP contribution in [-0.4, -0.2) is 33.8 Å². The van der Waals surface area contributed by atoms with Crippen molar-refractivity contribution in [2.45, 2.75) is 42.6 Å². The molecule has 2 amide bonds. The summed E-state index contributed by atoms with van der Waals surface area (Å²) in [5.74, 6) is 0.174. The summed E-state index contributed by atoms with van der Waals surface area (Å²) in [6.07, 6.45) is 2.73. The van der Waals surface area contributed by atoms with Crippen LogP contribution < -0.4 is 10.2 Å². The van der Waals surface area contributed by atoms with Crippen molar-refractivity contribution in [1.29, 1.82) is 0 Å². The number of rotatable bonds is 9. The molecule has 8 heteroatoms. The van der Waals surface area contributed by atoms with E-state index in [2.05, 4.69) is 27.6 Å². The van der Waals surface area contributed by atoms with Crippen LogP contribution in [0.2, 0.25) is 0 Å². The Balaban J connectivity index is 1.37. The molecule has 0 aliphatic heterocycles. The van der Waals surface area contributed by atoms with E-state index in [9.17, 15) is 9.59 Å². The van der Waals surface area contributed by atoms with E-state index >= 15 is 0 Å². The highest BCUT2D eigenvalue weighted by Crippen LogP contribution is 2.35. The number of hydrogen-bond acceptors (Lipinski definition) is 6. The number of benzene rings is 2. The van der Waals surface area contributed by atoms with Crippen LogP contribution >= 0.6 is 23.1 Å². The van der Waals surface area contributed by atoms with Gasteiger partial charge in [0, 0.05) is 13.0 Å². The van der Waals surface area contributed by atoms with Crippen molar-refractivity contribution in [3.05, 3.63) is 71.8 Å². The second-order valence-corrected chi connectivity index (χ2v) is 9.66. The number of nitrogens with zero attached hydrogens (tertiary/aromatic N) is 3. The highest BCUT2D eigenvalue weighted by Gasteiger charge is 2.34. The Hall–Kier alpha value is -2.71. The number of thioether (sulfide) groups is 1. The molecule has 3 aromatic rings. The third-order valence-electron chi connectivity index (χ3n) is 5.00. The lowest BCUT2D eigenvalue weighted by atomic mass is 9.99. The second-order valence-electron chi connectivity index (χ2n) is 7.48. The van der Waals surface area contributed by atoms with Gasteiger partial charge in [-0.15, -0.1) is 10.2 Å². The molecular weight excluding hydrogens is 428 g/mol. The molecule has 0 saturated heterocycles. The first kappa shape index (κ1) is 21.5. The monoisotopic (exact) mass is 452 g/mol. The molecule has 0 spiro atoms. The van der Waals surface area contributed by atoms with Crippen LogP contribution in [0.15, 0.2) is 65.0 Å². The molecule has 1 N–H and O–H groups in total. The fourth-order valence-electron chi connectivity index (χ4n) is 3.39. The van der Waals surface area contributed by atoms with Crippen molar-refractivity contribution in [3.8, 4) is 0 Å². The maximum absolute atomic E-state index is 12.7. The molecule has 2 aromatic carbocycles. The fraction of sp³-hybridized carbons (Fsp3) is 0.304. The van der Waals surface area contributed by atoms with Gasteiger partial charge in [0.2, 0.25) is 16.9 Å². The zero-order chi connectivity index (χ0) is 21.6. The largest absolute Gasteiger partial charge is 0.348 e. The molecular formula is C23H24N4O2S2. The fourth-order valence-corrected chi connectivity index (χ4v) is 5.16. The summed E-state index contributed by atoms with van der Waals surface area (Å²) in [7, 11) is 0. The van der Waals surface area contributed by atoms with E-state index in [1.54, 1.807) is 11.8 Å². The highest BCUT2D eigenvalue weighted by molar-refractivity contribution is 8.01. The summed E-state index contributed by atoms with van der Waals surface area (Å²) in [5.41, 5.74) is 2.24. The average molecular weight is 453 g/mol. The summed E-state index contributed by atoms with van der Waals surface area (Å²) in [6, 6.07) is 20.3. The van der Waals surface area contributed by atoms with Crippen LogP contribution in [-0.2, 0) is 16.0 Å². The molecule has 4 rings (SSSR count). The van der Waals surface area contributed by atoms with Crippen molar-refractivity contribution in [2.75, 3.05) is 10.7 Å². The van der Waals surface area contributed by atoms with Crippen LogP contribution in [0.25, 0.3) is 0 Å². The minimum Gasteiger partial charge on any atom is -0.348 e. The number of hydrogen-bond donors (Lipinski definition) is 1. The lowest BCUT2D eigenvalue weighted by molar-refractivity contribution is -0.119. The first-order valence-electron chi connectivity index (χ1n) is 10.2. The number of carbonyl (C=O) groups is 2. The molecule has 1 aliphatic rings. The Morgan fingerprint density at radius 3 is 2.42 bits per heavy atom. The maximum Gasteiger partial charge on any atom is 0.230 e. The zero-order valence-corrected chi connectivity index (χ0v) is 18.9. The SMILES string of the molecule is CC(=O)N(c1nnc(SCC(=O)NC(Cc2ccccc2)c2ccccc2)s1)C1CC1. The van der Waals surface area contributed by atoms with E-state index in [-0.39, 0.29) is 29.7 Å². The summed E-state index contributed by atoms with van der Waals surface area (Å²) in [4.78, 5) is 26.3. The van der Waals surface area contributed by atoms with Crippen LogP contribution in [0.5, 0.6) is 0 Å². The van der Waals surface area contributed by atoms with E-state index in [0.717, 1.165) is 24.8 Å². The van der Waals surface area contributed by atoms with Gasteiger partial charge in [-0.25, -0.2) is 0 Å². The van der Waals surface area contributed by atoms with Crippen LogP contribution in [0.3, 0.4) is 0 Å². The van der Waals surface area contributed by atoms with Gasteiger partial charge in [-0.3, -0.25) is 14.5 Å². The summed E-state index contributed by atoms with van der Waals surface area (Å²) < 4.78 is 0.691. The van der Waals surface area contributed by atoms with Crippen molar-refractivity contribution < 1.29 is 9.59 Å². The van der Waals surface area contributed by atoms with E-state index in [1.165, 1.54) is 28.7 Å². The third kappa shape index (κ3) is 5.92. The van der Waals surface area contributed by atoms with Gasteiger partial charge in [-0.1, -0.05) is 83.8 Å². The van der Waals surface area contributed by atoms with Gasteiger partial charge in [0.15, 0.2) is 4.34 Å². The number of amides is 2. The lowest BCUT2D eigenvalue weighted by Crippen LogP contribution is -2.31. The summed E-state index contributed by atoms with van der Waals surface area (Å²) in [5, 5.41) is 12.1. The minimum absolute atomic E-state index is 0.0143. The summed E-state index contributed by atoms with van der Waals surface area (Å²) >= 11 is 2.71. The molecule has 1 saturated carbocycles. The van der Waals surface area contributed by atoms with Gasteiger partial charge in [0.1, 0.15) is 0 Å². The summed E-state index contributed by atoms with van der Waals surface area (Å²) in [6.45, 7) is 1.55. The first-order chi connectivity index (χ1) is 15.1. The number of aromatic nitrogens is 2. The quantitative estimate of drug-likeness (QED) is 0.388. The topological polar surface area (TPSA) is 75.2 Å². The normalized spacial score (nSPS) is 14.1. The third-order valence-corrected chi connectivity index (χ3v) is 7.06. The Morgan fingerprint density at radius 1 is 1.10 bits per heavy atom. The maximum atomic E-state index is 12.7. The van der Waals surface area contributed by atoms with Crippen molar-refractivity contribution in [1.82, 2.24) is 15.5 Å². The predicted molar refractivity (Wildman–Crippen MR) is 124 cm³/mol. The van der Waals surface area contributed by atoms with E-state index < -0.39 is 0 Å². The van der Waals surface area contributed by atoms with Crippen LogP contribution in [0.1, 0.15) is 36.9 Å². The second kappa shape index (κ2) is 10.1. The molecule has 1 fully saturated rings. The minimum atomic E-state index is -0.107. The average Bonchev–Trinajstić information content (AvgIpc) is 3.50. The molecule has 1 atom stereocenters. The molecule has 0 bridgehead atoms.